The van der Waals surface area contributed by atoms with Crippen LogP contribution in [0.2, 0.25) is 0 Å². The van der Waals surface area contributed by atoms with E-state index in [0.717, 1.165) is 41.8 Å². The van der Waals surface area contributed by atoms with E-state index in [-0.39, 0.29) is 24.3 Å². The fraction of sp³-hybridized carbons (Fsp3) is 0.429. The van der Waals surface area contributed by atoms with Crippen LogP contribution in [0.3, 0.4) is 0 Å². The molecule has 4 rings (SSSR count). The molecule has 1 saturated heterocycles. The molecule has 2 aromatic rings. The standard InChI is InChI=1S/C21H24N2O2S/c1-15-9-11-17(12-10-15)23-19(24)14-21(23,18-8-5-13-26-18)20(25)22-16-6-3-2-4-7-16/h5,8-13,16H,2-4,6-7,14H2,1H3,(H,22,25)/t21-/m1/s1. The van der Waals surface area contributed by atoms with Crippen LogP contribution in [0.25, 0.3) is 0 Å². The summed E-state index contributed by atoms with van der Waals surface area (Å²) < 4.78 is 0. The van der Waals surface area contributed by atoms with Crippen molar-refractivity contribution in [3.8, 4) is 0 Å². The Bertz CT molecular complexity index is 794. The van der Waals surface area contributed by atoms with Crippen molar-refractivity contribution < 1.29 is 9.59 Å². The highest BCUT2D eigenvalue weighted by Crippen LogP contribution is 2.47. The topological polar surface area (TPSA) is 49.4 Å². The van der Waals surface area contributed by atoms with E-state index >= 15 is 0 Å². The summed E-state index contributed by atoms with van der Waals surface area (Å²) in [4.78, 5) is 28.6. The van der Waals surface area contributed by atoms with Crippen molar-refractivity contribution in [2.75, 3.05) is 4.90 Å². The number of hydrogen-bond donors (Lipinski definition) is 1. The molecule has 136 valence electrons. The molecule has 2 amide bonds. The molecular formula is C21H24N2O2S. The number of thiophene rings is 1. The molecular weight excluding hydrogens is 344 g/mol. The third kappa shape index (κ3) is 2.84. The molecule has 1 N–H and O–H groups in total. The van der Waals surface area contributed by atoms with Crippen molar-refractivity contribution in [2.45, 2.75) is 57.0 Å². The number of amides is 2. The fourth-order valence-corrected chi connectivity index (χ4v) is 5.03. The number of rotatable bonds is 4. The third-order valence-corrected chi connectivity index (χ3v) is 6.60. The van der Waals surface area contributed by atoms with E-state index in [2.05, 4.69) is 5.32 Å². The summed E-state index contributed by atoms with van der Waals surface area (Å²) in [6, 6.07) is 12.0. The Hall–Kier alpha value is -2.14. The Labute approximate surface area is 158 Å². The largest absolute Gasteiger partial charge is 0.351 e. The summed E-state index contributed by atoms with van der Waals surface area (Å²) in [6.07, 6.45) is 5.88. The molecule has 0 radical (unpaired) electrons. The second-order valence-electron chi connectivity index (χ2n) is 7.39. The molecule has 26 heavy (non-hydrogen) atoms. The van der Waals surface area contributed by atoms with E-state index in [1.807, 2.05) is 48.7 Å². The maximum atomic E-state index is 13.4. The maximum Gasteiger partial charge on any atom is 0.252 e. The lowest BCUT2D eigenvalue weighted by Crippen LogP contribution is -2.69. The van der Waals surface area contributed by atoms with Crippen molar-refractivity contribution in [1.82, 2.24) is 5.32 Å². The lowest BCUT2D eigenvalue weighted by molar-refractivity contribution is -0.140. The normalized spacial score (nSPS) is 23.6. The lowest BCUT2D eigenvalue weighted by Gasteiger charge is -2.50. The van der Waals surface area contributed by atoms with Gasteiger partial charge >= 0.3 is 0 Å². The van der Waals surface area contributed by atoms with Crippen LogP contribution in [0.1, 0.15) is 49.0 Å². The van der Waals surface area contributed by atoms with E-state index in [0.29, 0.717) is 0 Å². The predicted molar refractivity (Wildman–Crippen MR) is 104 cm³/mol. The van der Waals surface area contributed by atoms with Crippen LogP contribution in [0, 0.1) is 6.92 Å². The molecule has 0 spiro atoms. The Morgan fingerprint density at radius 3 is 2.50 bits per heavy atom. The number of anilines is 1. The molecule has 1 aliphatic heterocycles. The first-order valence-electron chi connectivity index (χ1n) is 9.36. The Balaban J connectivity index is 1.69. The van der Waals surface area contributed by atoms with Crippen LogP contribution in [0.15, 0.2) is 41.8 Å². The van der Waals surface area contributed by atoms with Gasteiger partial charge in [0.2, 0.25) is 5.91 Å². The SMILES string of the molecule is Cc1ccc(N2C(=O)C[C@]2(C(=O)NC2CCCCC2)c2cccs2)cc1. The van der Waals surface area contributed by atoms with Gasteiger partial charge in [-0.25, -0.2) is 0 Å². The van der Waals surface area contributed by atoms with Gasteiger partial charge in [-0.05, 0) is 43.3 Å². The number of nitrogens with zero attached hydrogens (tertiary/aromatic N) is 1. The minimum atomic E-state index is -0.905. The first-order chi connectivity index (χ1) is 12.6. The molecule has 4 nitrogen and oxygen atoms in total. The molecule has 2 heterocycles. The van der Waals surface area contributed by atoms with Crippen LogP contribution in [-0.2, 0) is 15.1 Å². The van der Waals surface area contributed by atoms with Crippen molar-refractivity contribution in [3.63, 3.8) is 0 Å². The smallest absolute Gasteiger partial charge is 0.252 e. The molecule has 0 unspecified atom stereocenters. The summed E-state index contributed by atoms with van der Waals surface area (Å²) in [5, 5.41) is 5.23. The van der Waals surface area contributed by atoms with E-state index < -0.39 is 5.54 Å². The number of aryl methyl sites for hydroxylation is 1. The highest BCUT2D eigenvalue weighted by molar-refractivity contribution is 7.10. The molecule has 1 aliphatic carbocycles. The minimum absolute atomic E-state index is 0.000970. The molecule has 1 saturated carbocycles. The van der Waals surface area contributed by atoms with E-state index in [4.69, 9.17) is 0 Å². The van der Waals surface area contributed by atoms with Crippen LogP contribution in [0.4, 0.5) is 5.69 Å². The van der Waals surface area contributed by atoms with Crippen molar-refractivity contribution in [2.24, 2.45) is 0 Å². The van der Waals surface area contributed by atoms with Crippen LogP contribution in [-0.4, -0.2) is 17.9 Å². The van der Waals surface area contributed by atoms with Gasteiger partial charge in [-0.3, -0.25) is 14.5 Å². The van der Waals surface area contributed by atoms with Gasteiger partial charge in [-0.2, -0.15) is 0 Å². The maximum absolute atomic E-state index is 13.4. The zero-order valence-corrected chi connectivity index (χ0v) is 15.8. The number of carbonyl (C=O) groups excluding carboxylic acids is 2. The van der Waals surface area contributed by atoms with Gasteiger partial charge in [0.05, 0.1) is 6.42 Å². The fourth-order valence-electron chi connectivity index (χ4n) is 4.11. The van der Waals surface area contributed by atoms with E-state index in [1.165, 1.54) is 6.42 Å². The monoisotopic (exact) mass is 368 g/mol. The number of carbonyl (C=O) groups is 2. The number of nitrogens with one attached hydrogen (secondary N) is 1. The highest BCUT2D eigenvalue weighted by Gasteiger charge is 2.59. The quantitative estimate of drug-likeness (QED) is 0.825. The van der Waals surface area contributed by atoms with Crippen molar-refractivity contribution in [3.05, 3.63) is 52.2 Å². The highest BCUT2D eigenvalue weighted by atomic mass is 32.1. The Kier molecular flexibility index (Phi) is 4.57. The summed E-state index contributed by atoms with van der Waals surface area (Å²) in [6.45, 7) is 2.02. The summed E-state index contributed by atoms with van der Waals surface area (Å²) in [7, 11) is 0. The third-order valence-electron chi connectivity index (χ3n) is 5.58. The molecule has 2 fully saturated rings. The Morgan fingerprint density at radius 2 is 1.88 bits per heavy atom. The molecule has 0 bridgehead atoms. The first-order valence-corrected chi connectivity index (χ1v) is 10.2. The van der Waals surface area contributed by atoms with Gasteiger partial charge in [-0.15, -0.1) is 11.3 Å². The van der Waals surface area contributed by atoms with Crippen LogP contribution in [0.5, 0.6) is 0 Å². The first kappa shape index (κ1) is 17.3. The zero-order chi connectivity index (χ0) is 18.1. The number of benzene rings is 1. The predicted octanol–water partition coefficient (Wildman–Crippen LogP) is 4.14. The zero-order valence-electron chi connectivity index (χ0n) is 15.0. The minimum Gasteiger partial charge on any atom is -0.351 e. The summed E-state index contributed by atoms with van der Waals surface area (Å²) in [5.74, 6) is -0.0342. The van der Waals surface area contributed by atoms with Gasteiger partial charge in [0.1, 0.15) is 0 Å². The van der Waals surface area contributed by atoms with Crippen molar-refractivity contribution >= 4 is 28.8 Å². The molecule has 1 atom stereocenters. The summed E-state index contributed by atoms with van der Waals surface area (Å²) in [5.41, 5.74) is 1.02. The second kappa shape index (κ2) is 6.88. The number of β-lactam (4-membered cyclic amide) rings is 1. The van der Waals surface area contributed by atoms with Gasteiger partial charge in [-0.1, -0.05) is 43.0 Å². The number of hydrogen-bond acceptors (Lipinski definition) is 3. The van der Waals surface area contributed by atoms with Gasteiger partial charge in [0.15, 0.2) is 5.54 Å². The molecule has 5 heteroatoms. The van der Waals surface area contributed by atoms with Crippen LogP contribution >= 0.6 is 11.3 Å². The van der Waals surface area contributed by atoms with Gasteiger partial charge < -0.3 is 5.32 Å². The molecule has 2 aliphatic rings. The molecule has 1 aromatic heterocycles. The van der Waals surface area contributed by atoms with Gasteiger partial charge in [0, 0.05) is 16.6 Å². The average Bonchev–Trinajstić information content (AvgIpc) is 3.16. The van der Waals surface area contributed by atoms with E-state index in [9.17, 15) is 9.59 Å². The van der Waals surface area contributed by atoms with Crippen molar-refractivity contribution in [1.29, 1.82) is 0 Å². The van der Waals surface area contributed by atoms with E-state index in [1.54, 1.807) is 16.2 Å². The Morgan fingerprint density at radius 1 is 1.15 bits per heavy atom. The lowest BCUT2D eigenvalue weighted by atomic mass is 9.80. The van der Waals surface area contributed by atoms with Gasteiger partial charge in [0.25, 0.3) is 5.91 Å². The molecule has 1 aromatic carbocycles. The average molecular weight is 369 g/mol. The second-order valence-corrected chi connectivity index (χ2v) is 8.34. The van der Waals surface area contributed by atoms with Crippen LogP contribution < -0.4 is 10.2 Å². The summed E-state index contributed by atoms with van der Waals surface area (Å²) >= 11 is 1.54.